The largest absolute Gasteiger partial charge is 0.496 e. The molecule has 0 aromatic heterocycles. The van der Waals surface area contributed by atoms with Gasteiger partial charge in [0.1, 0.15) is 5.75 Å². The summed E-state index contributed by atoms with van der Waals surface area (Å²) in [6.07, 6.45) is 0.521. The first-order chi connectivity index (χ1) is 9.25. The summed E-state index contributed by atoms with van der Waals surface area (Å²) < 4.78 is 5.44. The minimum atomic E-state index is -0.268. The zero-order chi connectivity index (χ0) is 15.3. The summed E-state index contributed by atoms with van der Waals surface area (Å²) >= 11 is 0. The smallest absolute Gasteiger partial charge is 0.123 e. The third kappa shape index (κ3) is 5.14. The van der Waals surface area contributed by atoms with E-state index in [-0.39, 0.29) is 17.6 Å². The van der Waals surface area contributed by atoms with Gasteiger partial charge in [-0.15, -0.1) is 0 Å². The van der Waals surface area contributed by atoms with Gasteiger partial charge in [0.05, 0.1) is 13.2 Å². The number of aliphatic hydroxyl groups excluding tert-OH is 1. The predicted molar refractivity (Wildman–Crippen MR) is 84.2 cm³/mol. The van der Waals surface area contributed by atoms with Crippen LogP contribution in [-0.4, -0.2) is 24.9 Å². The van der Waals surface area contributed by atoms with Gasteiger partial charge in [0, 0.05) is 18.2 Å². The second-order valence-electron chi connectivity index (χ2n) is 6.57. The lowest BCUT2D eigenvalue weighted by atomic mass is 9.86. The average molecular weight is 279 g/mol. The minimum absolute atomic E-state index is 0.0689. The van der Waals surface area contributed by atoms with Crippen LogP contribution in [0.25, 0.3) is 0 Å². The fourth-order valence-corrected chi connectivity index (χ4v) is 2.60. The molecule has 0 aliphatic rings. The van der Waals surface area contributed by atoms with E-state index < -0.39 is 0 Å². The van der Waals surface area contributed by atoms with Gasteiger partial charge >= 0.3 is 0 Å². The molecule has 0 bridgehead atoms. The maximum Gasteiger partial charge on any atom is 0.123 e. The Kier molecular flexibility index (Phi) is 6.03. The van der Waals surface area contributed by atoms with Gasteiger partial charge in [-0.05, 0) is 38.7 Å². The molecular weight excluding hydrogens is 250 g/mol. The van der Waals surface area contributed by atoms with Gasteiger partial charge in [0.2, 0.25) is 0 Å². The topological polar surface area (TPSA) is 41.5 Å². The second-order valence-corrected chi connectivity index (χ2v) is 6.57. The molecule has 3 nitrogen and oxygen atoms in total. The molecule has 0 fully saturated rings. The van der Waals surface area contributed by atoms with E-state index in [4.69, 9.17) is 4.74 Å². The molecule has 3 heteroatoms. The lowest BCUT2D eigenvalue weighted by Gasteiger charge is -2.29. The lowest BCUT2D eigenvalue weighted by molar-refractivity contribution is 0.126. The predicted octanol–water partition coefficient (Wildman–Crippen LogP) is 3.45. The van der Waals surface area contributed by atoms with Crippen LogP contribution in [0.15, 0.2) is 18.2 Å². The van der Waals surface area contributed by atoms with Crippen molar-refractivity contribution in [2.24, 2.45) is 5.41 Å². The maximum absolute atomic E-state index is 9.54. The first kappa shape index (κ1) is 17.0. The van der Waals surface area contributed by atoms with Crippen LogP contribution in [-0.2, 0) is 0 Å². The summed E-state index contributed by atoms with van der Waals surface area (Å²) in [5, 5.41) is 13.1. The summed E-state index contributed by atoms with van der Waals surface area (Å²) in [7, 11) is 1.71. The first-order valence-corrected chi connectivity index (χ1v) is 7.31. The molecule has 0 spiro atoms. The van der Waals surface area contributed by atoms with Crippen molar-refractivity contribution >= 4 is 0 Å². The molecule has 2 atom stereocenters. The van der Waals surface area contributed by atoms with Crippen LogP contribution in [0, 0.1) is 12.3 Å². The maximum atomic E-state index is 9.54. The van der Waals surface area contributed by atoms with Gasteiger partial charge in [-0.3, -0.25) is 0 Å². The van der Waals surface area contributed by atoms with Crippen LogP contribution in [0.3, 0.4) is 0 Å². The van der Waals surface area contributed by atoms with E-state index in [0.29, 0.717) is 0 Å². The van der Waals surface area contributed by atoms with Crippen LogP contribution in [0.5, 0.6) is 5.75 Å². The zero-order valence-corrected chi connectivity index (χ0v) is 13.7. The van der Waals surface area contributed by atoms with Crippen molar-refractivity contribution in [3.8, 4) is 5.75 Å². The summed E-state index contributed by atoms with van der Waals surface area (Å²) in [5.41, 5.74) is 2.48. The Balaban J connectivity index is 2.72. The van der Waals surface area contributed by atoms with Crippen LogP contribution < -0.4 is 10.1 Å². The quantitative estimate of drug-likeness (QED) is 0.803. The lowest BCUT2D eigenvalue weighted by Crippen LogP contribution is -2.33. The van der Waals surface area contributed by atoms with Crippen molar-refractivity contribution in [2.75, 3.05) is 13.7 Å². The number of ether oxygens (including phenoxy) is 1. The second kappa shape index (κ2) is 7.09. The van der Waals surface area contributed by atoms with Crippen molar-refractivity contribution in [1.29, 1.82) is 0 Å². The number of hydrogen-bond acceptors (Lipinski definition) is 3. The number of hydrogen-bond donors (Lipinski definition) is 2. The molecular formula is C17H29NO2. The van der Waals surface area contributed by atoms with Gasteiger partial charge in [-0.1, -0.05) is 31.5 Å². The average Bonchev–Trinajstić information content (AvgIpc) is 2.34. The van der Waals surface area contributed by atoms with E-state index >= 15 is 0 Å². The van der Waals surface area contributed by atoms with Crippen LogP contribution in [0.1, 0.15) is 51.3 Å². The third-order valence-electron chi connectivity index (χ3n) is 3.59. The van der Waals surface area contributed by atoms with Gasteiger partial charge in [-0.2, -0.15) is 0 Å². The van der Waals surface area contributed by atoms with E-state index in [1.807, 2.05) is 13.0 Å². The SMILES string of the molecule is COc1ccc(C)cc1C(C)NCC(C)(C)CC(C)O. The Morgan fingerprint density at radius 2 is 1.95 bits per heavy atom. The molecule has 2 N–H and O–H groups in total. The molecule has 20 heavy (non-hydrogen) atoms. The zero-order valence-electron chi connectivity index (χ0n) is 13.7. The highest BCUT2D eigenvalue weighted by Crippen LogP contribution is 2.28. The van der Waals surface area contributed by atoms with Crippen molar-refractivity contribution in [1.82, 2.24) is 5.32 Å². The van der Waals surface area contributed by atoms with Gasteiger partial charge < -0.3 is 15.2 Å². The minimum Gasteiger partial charge on any atom is -0.496 e. The van der Waals surface area contributed by atoms with Crippen molar-refractivity contribution in [3.05, 3.63) is 29.3 Å². The van der Waals surface area contributed by atoms with E-state index in [1.165, 1.54) is 11.1 Å². The molecule has 1 aromatic rings. The summed E-state index contributed by atoms with van der Waals surface area (Å²) in [4.78, 5) is 0. The summed E-state index contributed by atoms with van der Waals surface area (Å²) in [6.45, 7) is 11.3. The van der Waals surface area contributed by atoms with Crippen LogP contribution >= 0.6 is 0 Å². The Morgan fingerprint density at radius 3 is 2.50 bits per heavy atom. The molecule has 0 saturated carbocycles. The van der Waals surface area contributed by atoms with Crippen LogP contribution in [0.4, 0.5) is 0 Å². The standard InChI is InChI=1S/C17H29NO2/c1-12-7-8-16(20-6)15(9-12)14(3)18-11-17(4,5)10-13(2)19/h7-9,13-14,18-19H,10-11H2,1-6H3. The number of methoxy groups -OCH3 is 1. The summed E-state index contributed by atoms with van der Waals surface area (Å²) in [6, 6.07) is 6.46. The highest BCUT2D eigenvalue weighted by Gasteiger charge is 2.22. The molecule has 2 unspecified atom stereocenters. The highest BCUT2D eigenvalue weighted by atomic mass is 16.5. The fraction of sp³-hybridized carbons (Fsp3) is 0.647. The molecule has 1 aromatic carbocycles. The number of aryl methyl sites for hydroxylation is 1. The highest BCUT2D eigenvalue weighted by molar-refractivity contribution is 5.38. The van der Waals surface area contributed by atoms with Gasteiger partial charge in [0.25, 0.3) is 0 Å². The Bertz CT molecular complexity index is 427. The van der Waals surface area contributed by atoms with E-state index in [9.17, 15) is 5.11 Å². The Hall–Kier alpha value is -1.06. The number of benzene rings is 1. The fourth-order valence-electron chi connectivity index (χ4n) is 2.60. The van der Waals surface area contributed by atoms with E-state index in [2.05, 4.69) is 45.1 Å². The van der Waals surface area contributed by atoms with Crippen LogP contribution in [0.2, 0.25) is 0 Å². The molecule has 0 saturated heterocycles. The van der Waals surface area contributed by atoms with Crippen molar-refractivity contribution in [2.45, 2.75) is 53.2 Å². The Morgan fingerprint density at radius 1 is 1.30 bits per heavy atom. The van der Waals surface area contributed by atoms with Gasteiger partial charge in [-0.25, -0.2) is 0 Å². The molecule has 1 rings (SSSR count). The molecule has 0 aliphatic carbocycles. The van der Waals surface area contributed by atoms with Crippen molar-refractivity contribution < 1.29 is 9.84 Å². The normalized spacial score (nSPS) is 14.9. The van der Waals surface area contributed by atoms with Crippen molar-refractivity contribution in [3.63, 3.8) is 0 Å². The van der Waals surface area contributed by atoms with Gasteiger partial charge in [0.15, 0.2) is 0 Å². The molecule has 0 radical (unpaired) electrons. The van der Waals surface area contributed by atoms with E-state index in [1.54, 1.807) is 7.11 Å². The molecule has 0 amide bonds. The van der Waals surface area contributed by atoms with E-state index in [0.717, 1.165) is 18.7 Å². The number of rotatable bonds is 7. The first-order valence-electron chi connectivity index (χ1n) is 7.31. The molecule has 0 heterocycles. The Labute approximate surface area is 123 Å². The summed E-state index contributed by atoms with van der Waals surface area (Å²) in [5.74, 6) is 0.920. The molecule has 0 aliphatic heterocycles. The molecule has 114 valence electrons. The third-order valence-corrected chi connectivity index (χ3v) is 3.59. The number of aliphatic hydroxyl groups is 1. The number of nitrogens with one attached hydrogen (secondary N) is 1. The monoisotopic (exact) mass is 279 g/mol.